The van der Waals surface area contributed by atoms with Crippen molar-refractivity contribution in [2.75, 3.05) is 5.73 Å². The fourth-order valence-electron chi connectivity index (χ4n) is 3.24. The summed E-state index contributed by atoms with van der Waals surface area (Å²) in [6.07, 6.45) is 4.59. The molecule has 0 unspecified atom stereocenters. The van der Waals surface area contributed by atoms with Gasteiger partial charge in [0.1, 0.15) is 5.65 Å². The van der Waals surface area contributed by atoms with Gasteiger partial charge < -0.3 is 10.7 Å². The number of hydrogen-bond acceptors (Lipinski definition) is 2. The van der Waals surface area contributed by atoms with Crippen LogP contribution < -0.4 is 5.73 Å². The van der Waals surface area contributed by atoms with E-state index in [9.17, 15) is 0 Å². The van der Waals surface area contributed by atoms with Crippen molar-refractivity contribution in [1.82, 2.24) is 9.97 Å². The lowest BCUT2D eigenvalue weighted by molar-refractivity contribution is 0.672. The molecule has 19 heavy (non-hydrogen) atoms. The van der Waals surface area contributed by atoms with E-state index in [1.807, 2.05) is 0 Å². The highest BCUT2D eigenvalue weighted by Gasteiger charge is 2.19. The van der Waals surface area contributed by atoms with Gasteiger partial charge in [0.05, 0.1) is 0 Å². The molecule has 0 fully saturated rings. The summed E-state index contributed by atoms with van der Waals surface area (Å²) in [5, 5.41) is 2.31. The van der Waals surface area contributed by atoms with Gasteiger partial charge >= 0.3 is 0 Å². The smallest absolute Gasteiger partial charge is 0.140 e. The van der Waals surface area contributed by atoms with Crippen LogP contribution in [0.2, 0.25) is 0 Å². The zero-order valence-corrected chi connectivity index (χ0v) is 11.1. The largest absolute Gasteiger partial charge is 0.398 e. The molecule has 96 valence electrons. The van der Waals surface area contributed by atoms with E-state index in [1.165, 1.54) is 35.0 Å². The minimum Gasteiger partial charge on any atom is -0.398 e. The summed E-state index contributed by atoms with van der Waals surface area (Å²) < 4.78 is 0. The maximum atomic E-state index is 6.44. The van der Waals surface area contributed by atoms with Crippen LogP contribution in [-0.4, -0.2) is 9.97 Å². The van der Waals surface area contributed by atoms with Crippen molar-refractivity contribution in [3.63, 3.8) is 0 Å². The number of aromatic nitrogens is 2. The zero-order valence-electron chi connectivity index (χ0n) is 11.1. The van der Waals surface area contributed by atoms with Crippen molar-refractivity contribution in [3.05, 3.63) is 35.0 Å². The Bertz CT molecular complexity index is 799. The number of nitrogens with two attached hydrogens (primary N) is 1. The van der Waals surface area contributed by atoms with E-state index in [0.29, 0.717) is 0 Å². The highest BCUT2D eigenvalue weighted by atomic mass is 14.9. The molecule has 0 saturated carbocycles. The molecule has 1 aromatic carbocycles. The van der Waals surface area contributed by atoms with Crippen molar-refractivity contribution >= 4 is 27.6 Å². The molecular weight excluding hydrogens is 234 g/mol. The van der Waals surface area contributed by atoms with Gasteiger partial charge in [-0.25, -0.2) is 4.98 Å². The number of benzene rings is 1. The van der Waals surface area contributed by atoms with Gasteiger partial charge in [-0.15, -0.1) is 0 Å². The maximum Gasteiger partial charge on any atom is 0.140 e. The number of fused-ring (bicyclic) bond motifs is 4. The summed E-state index contributed by atoms with van der Waals surface area (Å²) in [7, 11) is 0. The van der Waals surface area contributed by atoms with E-state index >= 15 is 0 Å². The Morgan fingerprint density at radius 1 is 1.21 bits per heavy atom. The van der Waals surface area contributed by atoms with Crippen LogP contribution >= 0.6 is 0 Å². The Morgan fingerprint density at radius 2 is 2.05 bits per heavy atom. The van der Waals surface area contributed by atoms with E-state index in [2.05, 4.69) is 30.1 Å². The standard InChI is InChI=1S/C16H17N3/c1-9-6-7-13-11(8-9)14-15(17)10-4-2-3-5-12(10)18-16(14)19-13/h6-8H,2-5H2,1H3,(H3,17,18,19). The summed E-state index contributed by atoms with van der Waals surface area (Å²) in [4.78, 5) is 8.21. The van der Waals surface area contributed by atoms with Gasteiger partial charge in [0.25, 0.3) is 0 Å². The first kappa shape index (κ1) is 10.9. The normalized spacial score (nSPS) is 15.0. The highest BCUT2D eigenvalue weighted by Crippen LogP contribution is 2.35. The van der Waals surface area contributed by atoms with E-state index < -0.39 is 0 Å². The Labute approximate surface area is 111 Å². The fraction of sp³-hybridized carbons (Fsp3) is 0.312. The topological polar surface area (TPSA) is 54.7 Å². The van der Waals surface area contributed by atoms with E-state index in [4.69, 9.17) is 10.7 Å². The lowest BCUT2D eigenvalue weighted by Gasteiger charge is -2.17. The minimum absolute atomic E-state index is 0.941. The molecule has 0 spiro atoms. The van der Waals surface area contributed by atoms with Crippen LogP contribution in [0.1, 0.15) is 29.7 Å². The van der Waals surface area contributed by atoms with Gasteiger partial charge in [0.2, 0.25) is 0 Å². The van der Waals surface area contributed by atoms with Crippen molar-refractivity contribution in [3.8, 4) is 0 Å². The number of rotatable bonds is 0. The van der Waals surface area contributed by atoms with E-state index in [0.717, 1.165) is 35.1 Å². The molecule has 0 amide bonds. The SMILES string of the molecule is Cc1ccc2[nH]c3nc4c(c(N)c3c2c1)CCCC4. The number of nitrogens with one attached hydrogen (secondary N) is 1. The van der Waals surface area contributed by atoms with Crippen molar-refractivity contribution < 1.29 is 0 Å². The molecule has 2 heterocycles. The number of anilines is 1. The fourth-order valence-corrected chi connectivity index (χ4v) is 3.24. The van der Waals surface area contributed by atoms with E-state index in [1.54, 1.807) is 0 Å². The molecule has 1 aliphatic carbocycles. The minimum atomic E-state index is 0.941. The van der Waals surface area contributed by atoms with Crippen LogP contribution in [0.5, 0.6) is 0 Å². The molecule has 3 nitrogen and oxygen atoms in total. The van der Waals surface area contributed by atoms with Gasteiger partial charge in [0, 0.05) is 27.7 Å². The van der Waals surface area contributed by atoms with Gasteiger partial charge in [0.15, 0.2) is 0 Å². The number of H-pyrrole nitrogens is 1. The maximum absolute atomic E-state index is 6.44. The Morgan fingerprint density at radius 3 is 2.95 bits per heavy atom. The first-order valence-electron chi connectivity index (χ1n) is 6.93. The first-order valence-corrected chi connectivity index (χ1v) is 6.93. The third kappa shape index (κ3) is 1.47. The molecule has 0 saturated heterocycles. The predicted molar refractivity (Wildman–Crippen MR) is 79.4 cm³/mol. The number of hydrogen-bond donors (Lipinski definition) is 2. The van der Waals surface area contributed by atoms with Gasteiger partial charge in [-0.2, -0.15) is 0 Å². The summed E-state index contributed by atoms with van der Waals surface area (Å²) in [5.74, 6) is 0. The molecule has 3 N–H and O–H groups in total. The average molecular weight is 251 g/mol. The van der Waals surface area contributed by atoms with Crippen molar-refractivity contribution in [2.24, 2.45) is 0 Å². The molecule has 0 atom stereocenters. The number of nitrogens with zero attached hydrogens (tertiary/aromatic N) is 1. The first-order chi connectivity index (χ1) is 9.24. The molecule has 0 radical (unpaired) electrons. The molecular formula is C16H17N3. The molecule has 0 bridgehead atoms. The van der Waals surface area contributed by atoms with Gasteiger partial charge in [-0.05, 0) is 50.3 Å². The second-order valence-corrected chi connectivity index (χ2v) is 5.56. The molecule has 2 aromatic heterocycles. The highest BCUT2D eigenvalue weighted by molar-refractivity contribution is 6.12. The molecule has 4 rings (SSSR count). The van der Waals surface area contributed by atoms with Crippen molar-refractivity contribution in [1.29, 1.82) is 0 Å². The quantitative estimate of drug-likeness (QED) is 0.642. The predicted octanol–water partition coefficient (Wildman–Crippen LogP) is 3.49. The second-order valence-electron chi connectivity index (χ2n) is 5.56. The Kier molecular flexibility index (Phi) is 2.13. The van der Waals surface area contributed by atoms with Gasteiger partial charge in [-0.3, -0.25) is 0 Å². The molecule has 3 aromatic rings. The Hall–Kier alpha value is -2.03. The number of nitrogen functional groups attached to an aromatic ring is 1. The summed E-state index contributed by atoms with van der Waals surface area (Å²) in [6.45, 7) is 2.11. The average Bonchev–Trinajstić information content (AvgIpc) is 2.76. The molecule has 3 heteroatoms. The van der Waals surface area contributed by atoms with Crippen LogP contribution in [0, 0.1) is 6.92 Å². The zero-order chi connectivity index (χ0) is 13.0. The number of pyridine rings is 1. The lowest BCUT2D eigenvalue weighted by Crippen LogP contribution is -2.09. The number of aryl methyl sites for hydroxylation is 2. The van der Waals surface area contributed by atoms with Crippen molar-refractivity contribution in [2.45, 2.75) is 32.6 Å². The summed E-state index contributed by atoms with van der Waals surface area (Å²) >= 11 is 0. The summed E-state index contributed by atoms with van der Waals surface area (Å²) in [5.41, 5.74) is 13.2. The van der Waals surface area contributed by atoms with Crippen LogP contribution in [-0.2, 0) is 12.8 Å². The third-order valence-corrected chi connectivity index (χ3v) is 4.21. The third-order valence-electron chi connectivity index (χ3n) is 4.21. The van der Waals surface area contributed by atoms with Crippen LogP contribution in [0.15, 0.2) is 18.2 Å². The van der Waals surface area contributed by atoms with Crippen LogP contribution in [0.4, 0.5) is 5.69 Å². The van der Waals surface area contributed by atoms with E-state index in [-0.39, 0.29) is 0 Å². The van der Waals surface area contributed by atoms with Crippen LogP contribution in [0.25, 0.3) is 21.9 Å². The monoisotopic (exact) mass is 251 g/mol. The van der Waals surface area contributed by atoms with Crippen LogP contribution in [0.3, 0.4) is 0 Å². The lowest BCUT2D eigenvalue weighted by atomic mass is 9.93. The Balaban J connectivity index is 2.17. The second kappa shape index (κ2) is 3.73. The van der Waals surface area contributed by atoms with Gasteiger partial charge in [-0.1, -0.05) is 11.6 Å². The molecule has 1 aliphatic rings. The number of aromatic amines is 1. The molecule has 0 aliphatic heterocycles. The summed E-state index contributed by atoms with van der Waals surface area (Å²) in [6, 6.07) is 6.43.